The van der Waals surface area contributed by atoms with E-state index in [1.165, 1.54) is 71.8 Å². The Morgan fingerprint density at radius 2 is 1.54 bits per heavy atom. The van der Waals surface area contributed by atoms with Crippen molar-refractivity contribution in [3.05, 3.63) is 83.4 Å². The van der Waals surface area contributed by atoms with Gasteiger partial charge in [-0.25, -0.2) is 0 Å². The lowest BCUT2D eigenvalue weighted by Gasteiger charge is -2.36. The van der Waals surface area contributed by atoms with Gasteiger partial charge in [-0.1, -0.05) is 133 Å². The number of aliphatic hydroxyl groups is 1. The van der Waals surface area contributed by atoms with Gasteiger partial charge in [-0.3, -0.25) is 14.4 Å². The predicted molar refractivity (Wildman–Crippen MR) is 199 cm³/mol. The van der Waals surface area contributed by atoms with Crippen LogP contribution in [0.5, 0.6) is 5.75 Å². The number of esters is 2. The highest BCUT2D eigenvalue weighted by atomic mass is 16.6. The molecule has 3 atom stereocenters. The number of methoxy groups -OCH3 is 1. The fourth-order valence-electron chi connectivity index (χ4n) is 7.30. The molecule has 3 aromatic carbocycles. The summed E-state index contributed by atoms with van der Waals surface area (Å²) in [7, 11) is 1.35. The molecule has 0 fully saturated rings. The minimum Gasteiger partial charge on any atom is -0.494 e. The van der Waals surface area contributed by atoms with Crippen molar-refractivity contribution in [3.63, 3.8) is 0 Å². The average molecular weight is 685 g/mol. The number of allylic oxidation sites excluding steroid dienone is 1. The molecule has 4 rings (SSSR count). The molecule has 50 heavy (non-hydrogen) atoms. The summed E-state index contributed by atoms with van der Waals surface area (Å²) in [5, 5.41) is 12.7. The summed E-state index contributed by atoms with van der Waals surface area (Å²) in [5.74, 6) is -0.978. The van der Waals surface area contributed by atoms with Crippen LogP contribution in [0.25, 0.3) is 16.3 Å². The van der Waals surface area contributed by atoms with Gasteiger partial charge >= 0.3 is 11.9 Å². The molecule has 7 nitrogen and oxygen atoms in total. The summed E-state index contributed by atoms with van der Waals surface area (Å²) in [6, 6.07) is 19.2. The van der Waals surface area contributed by atoms with Gasteiger partial charge in [-0.05, 0) is 52.9 Å². The van der Waals surface area contributed by atoms with Gasteiger partial charge in [0, 0.05) is 24.5 Å². The Labute approximate surface area is 298 Å². The number of benzene rings is 3. The van der Waals surface area contributed by atoms with Crippen LogP contribution in [0.15, 0.2) is 66.7 Å². The maximum Gasteiger partial charge on any atom is 0.311 e. The molecule has 0 aromatic heterocycles. The third-order valence-corrected chi connectivity index (χ3v) is 9.95. The fraction of sp³-hybridized carbons (Fsp3) is 0.512. The van der Waals surface area contributed by atoms with Crippen LogP contribution in [0.1, 0.15) is 120 Å². The smallest absolute Gasteiger partial charge is 0.311 e. The molecule has 1 aliphatic rings. The van der Waals surface area contributed by atoms with Crippen LogP contribution >= 0.6 is 0 Å². The molecule has 3 aromatic rings. The molecule has 0 saturated carbocycles. The number of carbonyl (C=O) groups is 3. The number of unbranched alkanes of at least 4 members (excludes halogenated alkanes) is 11. The number of carbonyl (C=O) groups excluding carboxylic acids is 3. The van der Waals surface area contributed by atoms with Crippen LogP contribution in [0.2, 0.25) is 0 Å². The molecule has 1 aliphatic carbocycles. The minimum absolute atomic E-state index is 0.209. The molecule has 270 valence electrons. The Kier molecular flexibility index (Phi) is 15.5. The Morgan fingerprint density at radius 1 is 0.860 bits per heavy atom. The van der Waals surface area contributed by atoms with Crippen LogP contribution in [0.4, 0.5) is 0 Å². The van der Waals surface area contributed by atoms with Gasteiger partial charge in [0.25, 0.3) is 0 Å². The van der Waals surface area contributed by atoms with Gasteiger partial charge in [-0.15, -0.1) is 0 Å². The van der Waals surface area contributed by atoms with E-state index in [0.29, 0.717) is 30.6 Å². The van der Waals surface area contributed by atoms with E-state index in [4.69, 9.17) is 14.2 Å². The second kappa shape index (κ2) is 20.0. The van der Waals surface area contributed by atoms with E-state index in [2.05, 4.69) is 6.92 Å². The summed E-state index contributed by atoms with van der Waals surface area (Å²) in [6.07, 6.45) is 17.9. The van der Waals surface area contributed by atoms with Gasteiger partial charge in [0.15, 0.2) is 11.9 Å². The van der Waals surface area contributed by atoms with Crippen molar-refractivity contribution in [2.45, 2.75) is 122 Å². The van der Waals surface area contributed by atoms with Gasteiger partial charge in [-0.2, -0.15) is 0 Å². The second-order valence-electron chi connectivity index (χ2n) is 13.7. The first-order chi connectivity index (χ1) is 24.3. The van der Waals surface area contributed by atoms with Crippen LogP contribution in [-0.4, -0.2) is 43.2 Å². The van der Waals surface area contributed by atoms with Crippen LogP contribution < -0.4 is 4.74 Å². The van der Waals surface area contributed by atoms with Crippen molar-refractivity contribution in [1.29, 1.82) is 0 Å². The molecule has 0 aliphatic heterocycles. The average Bonchev–Trinajstić information content (AvgIpc) is 3.12. The zero-order valence-corrected chi connectivity index (χ0v) is 30.3. The van der Waals surface area contributed by atoms with Gasteiger partial charge in [0.1, 0.15) is 5.75 Å². The Hall–Kier alpha value is -3.97. The first kappa shape index (κ1) is 38.8. The molecular formula is C43H56O7. The Morgan fingerprint density at radius 3 is 2.20 bits per heavy atom. The zero-order valence-electron chi connectivity index (χ0n) is 30.3. The van der Waals surface area contributed by atoms with Gasteiger partial charge in [0.05, 0.1) is 25.7 Å². The van der Waals surface area contributed by atoms with Crippen molar-refractivity contribution in [1.82, 2.24) is 0 Å². The van der Waals surface area contributed by atoms with Crippen LogP contribution in [0.3, 0.4) is 0 Å². The lowest BCUT2D eigenvalue weighted by molar-refractivity contribution is -0.153. The summed E-state index contributed by atoms with van der Waals surface area (Å²) >= 11 is 0. The number of aldehydes is 1. The fourth-order valence-corrected chi connectivity index (χ4v) is 7.30. The maximum atomic E-state index is 12.7. The van der Waals surface area contributed by atoms with Crippen molar-refractivity contribution < 1.29 is 33.7 Å². The molecule has 0 bridgehead atoms. The van der Waals surface area contributed by atoms with E-state index in [-0.39, 0.29) is 6.61 Å². The molecule has 7 heteroatoms. The number of hydrogen-bond donors (Lipinski definition) is 1. The molecule has 0 saturated heterocycles. The van der Waals surface area contributed by atoms with Crippen molar-refractivity contribution >= 4 is 34.6 Å². The highest BCUT2D eigenvalue weighted by molar-refractivity contribution is 6.09. The summed E-state index contributed by atoms with van der Waals surface area (Å²) in [5.41, 5.74) is 1.76. The molecule has 0 amide bonds. The van der Waals surface area contributed by atoms with Crippen molar-refractivity contribution in [2.75, 3.05) is 13.7 Å². The Bertz CT molecular complexity index is 1580. The van der Waals surface area contributed by atoms with E-state index < -0.39 is 29.6 Å². The number of ether oxygens (including phenoxy) is 3. The lowest BCUT2D eigenvalue weighted by atomic mass is 9.76. The molecule has 3 unspecified atom stereocenters. The molecule has 0 heterocycles. The maximum absolute atomic E-state index is 12.7. The first-order valence-corrected chi connectivity index (χ1v) is 18.7. The quantitative estimate of drug-likeness (QED) is 0.0640. The number of hydrogen-bond acceptors (Lipinski definition) is 7. The standard InChI is InChI=1S/C43H56O7/c1-4-5-6-7-8-9-10-11-12-13-14-15-23-41(46)38(42(47)48-3)26-27-49-36-25-24-33-20-18-22-40(39(33)28-36)43(50-32(2)45)29-34-19-16-17-21-37(34)35(30-43)31-44/h16-22,24-25,28,30-31,38,41,46H,4-15,23,26-27,29H2,1-3H3. The molecule has 1 N–H and O–H groups in total. The number of rotatable bonds is 22. The molecule has 0 radical (unpaired) electrons. The summed E-state index contributed by atoms with van der Waals surface area (Å²) < 4.78 is 17.3. The van der Waals surface area contributed by atoms with E-state index in [1.807, 2.05) is 60.7 Å². The van der Waals surface area contributed by atoms with Gasteiger partial charge < -0.3 is 19.3 Å². The van der Waals surface area contributed by atoms with E-state index in [1.54, 1.807) is 6.08 Å². The highest BCUT2D eigenvalue weighted by Gasteiger charge is 2.39. The topological polar surface area (TPSA) is 99.1 Å². The van der Waals surface area contributed by atoms with Crippen molar-refractivity contribution in [3.8, 4) is 5.75 Å². The lowest BCUT2D eigenvalue weighted by Crippen LogP contribution is -2.35. The van der Waals surface area contributed by atoms with Crippen molar-refractivity contribution in [2.24, 2.45) is 5.92 Å². The zero-order chi connectivity index (χ0) is 35.8. The van der Waals surface area contributed by atoms with Crippen LogP contribution in [-0.2, 0) is 35.9 Å². The molecular weight excluding hydrogens is 628 g/mol. The van der Waals surface area contributed by atoms with E-state index in [9.17, 15) is 19.5 Å². The number of aliphatic hydroxyl groups excluding tert-OH is 1. The third kappa shape index (κ3) is 10.8. The number of fused-ring (bicyclic) bond motifs is 2. The van der Waals surface area contributed by atoms with E-state index in [0.717, 1.165) is 53.0 Å². The highest BCUT2D eigenvalue weighted by Crippen LogP contribution is 2.43. The normalized spacial score (nSPS) is 16.6. The summed E-state index contributed by atoms with van der Waals surface area (Å²) in [6.45, 7) is 3.83. The van der Waals surface area contributed by atoms with Crippen LogP contribution in [0, 0.1) is 5.92 Å². The van der Waals surface area contributed by atoms with E-state index >= 15 is 0 Å². The predicted octanol–water partition coefficient (Wildman–Crippen LogP) is 9.45. The summed E-state index contributed by atoms with van der Waals surface area (Å²) in [4.78, 5) is 37.4. The SMILES string of the molecule is CCCCCCCCCCCCCCC(O)C(CCOc1ccc2cccc(C3(OC(C)=O)C=C(C=O)c4ccccc4C3)c2c1)C(=O)OC. The second-order valence-corrected chi connectivity index (χ2v) is 13.7. The third-order valence-electron chi connectivity index (χ3n) is 9.95. The first-order valence-electron chi connectivity index (χ1n) is 18.7. The minimum atomic E-state index is -1.19. The Balaban J connectivity index is 1.37. The monoisotopic (exact) mass is 684 g/mol. The molecule has 0 spiro atoms. The largest absolute Gasteiger partial charge is 0.494 e. The van der Waals surface area contributed by atoms with Gasteiger partial charge in [0.2, 0.25) is 0 Å².